The highest BCUT2D eigenvalue weighted by molar-refractivity contribution is 7.59. The minimum Gasteiger partial charge on any atom is -0.197 e. The molecule has 0 saturated heterocycles. The first kappa shape index (κ1) is 8.09. The molecule has 0 aromatic carbocycles. The smallest absolute Gasteiger partial charge is 0.0351 e. The van der Waals surface area contributed by atoms with Gasteiger partial charge in [0.25, 0.3) is 0 Å². The second-order valence-corrected chi connectivity index (χ2v) is 2.11. The highest BCUT2D eigenvalue weighted by Crippen LogP contribution is 2.08. The quantitative estimate of drug-likeness (QED) is 0.442. The Bertz CT molecular complexity index is 58.8. The van der Waals surface area contributed by atoms with Crippen molar-refractivity contribution in [1.82, 2.24) is 0 Å². The molecule has 1 heteroatoms. The molecule has 0 amide bonds. The zero-order valence-electron chi connectivity index (χ0n) is 5.19. The second kappa shape index (κ2) is 5.23. The number of hydrogen-bond acceptors (Lipinski definition) is 0. The van der Waals surface area contributed by atoms with Crippen molar-refractivity contribution >= 4 is 13.5 Å². The van der Waals surface area contributed by atoms with E-state index in [1.807, 2.05) is 0 Å². The van der Waals surface area contributed by atoms with Crippen molar-refractivity contribution in [3.63, 3.8) is 0 Å². The third kappa shape index (κ3) is 3.14. The SMILES string of the molecule is C1=CCCCCC1.S. The monoisotopic (exact) mass is 130 g/mol. The summed E-state index contributed by atoms with van der Waals surface area (Å²) in [6.07, 6.45) is 11.5. The van der Waals surface area contributed by atoms with Gasteiger partial charge < -0.3 is 0 Å². The van der Waals surface area contributed by atoms with Crippen LogP contribution in [0.3, 0.4) is 0 Å². The van der Waals surface area contributed by atoms with Gasteiger partial charge >= 0.3 is 0 Å². The molecular weight excluding hydrogens is 116 g/mol. The summed E-state index contributed by atoms with van der Waals surface area (Å²) in [5, 5.41) is 0. The molecule has 0 fully saturated rings. The van der Waals surface area contributed by atoms with E-state index >= 15 is 0 Å². The molecule has 0 nitrogen and oxygen atoms in total. The standard InChI is InChI=1S/C7H12.H2S/c1-2-4-6-7-5-3-1;/h1-2H,3-7H2;1H2. The Balaban J connectivity index is 0.000000490. The molecule has 0 radical (unpaired) electrons. The summed E-state index contributed by atoms with van der Waals surface area (Å²) in [6.45, 7) is 0. The van der Waals surface area contributed by atoms with Crippen LogP contribution in [0.1, 0.15) is 32.1 Å². The van der Waals surface area contributed by atoms with Crippen molar-refractivity contribution in [2.24, 2.45) is 0 Å². The minimum atomic E-state index is 0. The molecule has 0 bridgehead atoms. The van der Waals surface area contributed by atoms with E-state index in [1.54, 1.807) is 0 Å². The summed E-state index contributed by atoms with van der Waals surface area (Å²) in [7, 11) is 0. The lowest BCUT2D eigenvalue weighted by Crippen LogP contribution is -1.67. The molecular formula is C7H14S. The van der Waals surface area contributed by atoms with Gasteiger partial charge in [0.05, 0.1) is 0 Å². The van der Waals surface area contributed by atoms with Crippen LogP contribution < -0.4 is 0 Å². The van der Waals surface area contributed by atoms with Crippen LogP contribution >= 0.6 is 13.5 Å². The van der Waals surface area contributed by atoms with Crippen LogP contribution in [-0.2, 0) is 0 Å². The van der Waals surface area contributed by atoms with Crippen LogP contribution in [0.25, 0.3) is 0 Å². The van der Waals surface area contributed by atoms with Crippen LogP contribution in [0.2, 0.25) is 0 Å². The van der Waals surface area contributed by atoms with Crippen LogP contribution in [-0.4, -0.2) is 0 Å². The van der Waals surface area contributed by atoms with Crippen molar-refractivity contribution in [3.8, 4) is 0 Å². The molecule has 1 aliphatic carbocycles. The maximum absolute atomic E-state index is 2.30. The van der Waals surface area contributed by atoms with E-state index in [4.69, 9.17) is 0 Å². The van der Waals surface area contributed by atoms with Crippen molar-refractivity contribution in [2.75, 3.05) is 0 Å². The fourth-order valence-electron chi connectivity index (χ4n) is 0.937. The van der Waals surface area contributed by atoms with Gasteiger partial charge in [-0.15, -0.1) is 0 Å². The molecule has 0 aromatic heterocycles. The molecule has 0 N–H and O–H groups in total. The molecule has 0 atom stereocenters. The molecule has 0 spiro atoms. The summed E-state index contributed by atoms with van der Waals surface area (Å²) in [5.74, 6) is 0. The Labute approximate surface area is 58.4 Å². The summed E-state index contributed by atoms with van der Waals surface area (Å²) < 4.78 is 0. The number of hydrogen-bond donors (Lipinski definition) is 0. The van der Waals surface area contributed by atoms with Crippen molar-refractivity contribution < 1.29 is 0 Å². The average molecular weight is 130 g/mol. The molecule has 0 heterocycles. The molecule has 48 valence electrons. The molecule has 0 aliphatic heterocycles. The topological polar surface area (TPSA) is 0 Å². The minimum absolute atomic E-state index is 0. The van der Waals surface area contributed by atoms with Crippen LogP contribution in [0.4, 0.5) is 0 Å². The summed E-state index contributed by atoms with van der Waals surface area (Å²) in [4.78, 5) is 0. The lowest BCUT2D eigenvalue weighted by Gasteiger charge is -1.86. The van der Waals surface area contributed by atoms with Crippen LogP contribution in [0.5, 0.6) is 0 Å². The maximum atomic E-state index is 2.30. The highest BCUT2D eigenvalue weighted by Gasteiger charge is 1.88. The predicted octanol–water partition coefficient (Wildman–Crippen LogP) is 2.62. The van der Waals surface area contributed by atoms with E-state index in [0.29, 0.717) is 0 Å². The summed E-state index contributed by atoms with van der Waals surface area (Å²) >= 11 is 0. The molecule has 0 unspecified atom stereocenters. The molecule has 1 rings (SSSR count). The van der Waals surface area contributed by atoms with Gasteiger partial charge in [-0.2, -0.15) is 13.5 Å². The summed E-state index contributed by atoms with van der Waals surface area (Å²) in [6, 6.07) is 0. The van der Waals surface area contributed by atoms with Crippen LogP contribution in [0.15, 0.2) is 12.2 Å². The number of allylic oxidation sites excluding steroid dienone is 2. The van der Waals surface area contributed by atoms with Gasteiger partial charge in [0.2, 0.25) is 0 Å². The van der Waals surface area contributed by atoms with Crippen LogP contribution in [0, 0.1) is 0 Å². The first-order valence-electron chi connectivity index (χ1n) is 3.15. The fraction of sp³-hybridized carbons (Fsp3) is 0.714. The molecule has 8 heavy (non-hydrogen) atoms. The normalized spacial score (nSPS) is 19.0. The van der Waals surface area contributed by atoms with E-state index in [2.05, 4.69) is 12.2 Å². The summed E-state index contributed by atoms with van der Waals surface area (Å²) in [5.41, 5.74) is 0. The molecule has 1 aliphatic rings. The van der Waals surface area contributed by atoms with Crippen molar-refractivity contribution in [2.45, 2.75) is 32.1 Å². The Kier molecular flexibility index (Phi) is 5.29. The van der Waals surface area contributed by atoms with Crippen molar-refractivity contribution in [1.29, 1.82) is 0 Å². The van der Waals surface area contributed by atoms with Gasteiger partial charge in [0.1, 0.15) is 0 Å². The lowest BCUT2D eigenvalue weighted by molar-refractivity contribution is 0.718. The fourth-order valence-corrected chi connectivity index (χ4v) is 0.937. The van der Waals surface area contributed by atoms with Gasteiger partial charge in [0, 0.05) is 0 Å². The lowest BCUT2D eigenvalue weighted by atomic mass is 10.2. The Morgan fingerprint density at radius 2 is 1.25 bits per heavy atom. The molecule has 0 saturated carbocycles. The maximum Gasteiger partial charge on any atom is -0.0351 e. The van der Waals surface area contributed by atoms with Gasteiger partial charge in [-0.3, -0.25) is 0 Å². The zero-order valence-corrected chi connectivity index (χ0v) is 6.19. The first-order valence-corrected chi connectivity index (χ1v) is 3.15. The van der Waals surface area contributed by atoms with E-state index in [-0.39, 0.29) is 13.5 Å². The van der Waals surface area contributed by atoms with E-state index < -0.39 is 0 Å². The largest absolute Gasteiger partial charge is 0.197 e. The van der Waals surface area contributed by atoms with Gasteiger partial charge in [-0.1, -0.05) is 18.6 Å². The van der Waals surface area contributed by atoms with Gasteiger partial charge in [-0.05, 0) is 25.7 Å². The third-order valence-corrected chi connectivity index (χ3v) is 1.41. The Hall–Kier alpha value is 0.0900. The van der Waals surface area contributed by atoms with Gasteiger partial charge in [0.15, 0.2) is 0 Å². The van der Waals surface area contributed by atoms with Crippen molar-refractivity contribution in [3.05, 3.63) is 12.2 Å². The second-order valence-electron chi connectivity index (χ2n) is 2.11. The predicted molar refractivity (Wildman–Crippen MR) is 42.6 cm³/mol. The van der Waals surface area contributed by atoms with E-state index in [9.17, 15) is 0 Å². The third-order valence-electron chi connectivity index (χ3n) is 1.41. The van der Waals surface area contributed by atoms with E-state index in [1.165, 1.54) is 32.1 Å². The zero-order chi connectivity index (χ0) is 4.95. The molecule has 0 aromatic rings. The van der Waals surface area contributed by atoms with E-state index in [0.717, 1.165) is 0 Å². The first-order chi connectivity index (χ1) is 3.50. The Morgan fingerprint density at radius 1 is 0.750 bits per heavy atom. The van der Waals surface area contributed by atoms with Gasteiger partial charge in [-0.25, -0.2) is 0 Å². The highest BCUT2D eigenvalue weighted by atomic mass is 32.1. The number of rotatable bonds is 0. The Morgan fingerprint density at radius 3 is 1.75 bits per heavy atom. The average Bonchev–Trinajstić information content (AvgIpc) is 1.90.